The van der Waals surface area contributed by atoms with Gasteiger partial charge >= 0.3 is 5.97 Å². The lowest BCUT2D eigenvalue weighted by atomic mass is 10.2. The van der Waals surface area contributed by atoms with E-state index in [1.54, 1.807) is 12.1 Å². The Bertz CT molecular complexity index is 1060. The van der Waals surface area contributed by atoms with Gasteiger partial charge in [0.1, 0.15) is 0 Å². The van der Waals surface area contributed by atoms with Crippen LogP contribution >= 0.6 is 0 Å². The highest BCUT2D eigenvalue weighted by atomic mass is 32.2. The van der Waals surface area contributed by atoms with Gasteiger partial charge in [0.25, 0.3) is 15.9 Å². The maximum atomic E-state index is 13.0. The molecule has 0 spiro atoms. The van der Waals surface area contributed by atoms with Crippen LogP contribution in [-0.4, -0.2) is 51.9 Å². The largest absolute Gasteiger partial charge is 0.452 e. The molecule has 0 unspecified atom stereocenters. The number of nitrogens with zero attached hydrogens (tertiary/aromatic N) is 2. The highest BCUT2D eigenvalue weighted by Crippen LogP contribution is 2.23. The van der Waals surface area contributed by atoms with Gasteiger partial charge in [-0.05, 0) is 51.1 Å². The molecule has 2 aromatic carbocycles. The molecule has 7 nitrogen and oxygen atoms in total. The first-order valence-electron chi connectivity index (χ1n) is 9.81. The Morgan fingerprint density at radius 3 is 2.32 bits per heavy atom. The van der Waals surface area contributed by atoms with E-state index in [9.17, 15) is 18.0 Å². The summed E-state index contributed by atoms with van der Waals surface area (Å²) >= 11 is 0. The number of aryl methyl sites for hydroxylation is 1. The number of ether oxygens (including phenoxy) is 1. The Labute approximate surface area is 184 Å². The van der Waals surface area contributed by atoms with Crippen LogP contribution in [0.15, 0.2) is 65.6 Å². The smallest absolute Gasteiger partial charge is 0.338 e. The third-order valence-corrected chi connectivity index (χ3v) is 6.43. The number of benzene rings is 2. The second kappa shape index (κ2) is 10.3. The molecular formula is C23H28N2O5S. The Hall–Kier alpha value is -3.13. The molecule has 0 aliphatic carbocycles. The molecule has 31 heavy (non-hydrogen) atoms. The van der Waals surface area contributed by atoms with Gasteiger partial charge < -0.3 is 9.64 Å². The SMILES string of the molecule is C=C(C)CN(CC)C(=O)COC(=O)c1cccc(S(=O)(=O)N(C)c2ccc(C)cc2)c1. The van der Waals surface area contributed by atoms with Crippen molar-refractivity contribution in [2.24, 2.45) is 0 Å². The van der Waals surface area contributed by atoms with Crippen LogP contribution in [-0.2, 0) is 19.6 Å². The molecule has 2 rings (SSSR count). The Balaban J connectivity index is 2.15. The highest BCUT2D eigenvalue weighted by Gasteiger charge is 2.23. The van der Waals surface area contributed by atoms with Crippen LogP contribution < -0.4 is 4.31 Å². The van der Waals surface area contributed by atoms with E-state index >= 15 is 0 Å². The summed E-state index contributed by atoms with van der Waals surface area (Å²) in [6.07, 6.45) is 0. The lowest BCUT2D eigenvalue weighted by Crippen LogP contribution is -2.35. The molecule has 166 valence electrons. The first-order valence-corrected chi connectivity index (χ1v) is 11.2. The summed E-state index contributed by atoms with van der Waals surface area (Å²) in [7, 11) is -2.43. The van der Waals surface area contributed by atoms with E-state index in [0.717, 1.165) is 15.4 Å². The van der Waals surface area contributed by atoms with Gasteiger partial charge in [0.15, 0.2) is 6.61 Å². The zero-order valence-electron chi connectivity index (χ0n) is 18.3. The summed E-state index contributed by atoms with van der Waals surface area (Å²) in [6.45, 7) is 9.73. The van der Waals surface area contributed by atoms with Gasteiger partial charge in [-0.3, -0.25) is 9.10 Å². The summed E-state index contributed by atoms with van der Waals surface area (Å²) in [5.74, 6) is -1.11. The topological polar surface area (TPSA) is 84.0 Å². The fraction of sp³-hybridized carbons (Fsp3) is 0.304. The van der Waals surface area contributed by atoms with E-state index in [0.29, 0.717) is 18.8 Å². The molecular weight excluding hydrogens is 416 g/mol. The zero-order chi connectivity index (χ0) is 23.2. The first kappa shape index (κ1) is 24.1. The van der Waals surface area contributed by atoms with Crippen molar-refractivity contribution < 1.29 is 22.7 Å². The van der Waals surface area contributed by atoms with Crippen molar-refractivity contribution in [3.8, 4) is 0 Å². The molecule has 0 aliphatic heterocycles. The standard InChI is InChI=1S/C23H28N2O5S/c1-6-25(15-17(2)3)22(26)16-30-23(27)19-8-7-9-21(14-19)31(28,29)24(5)20-12-10-18(4)11-13-20/h7-14H,2,6,15-16H2,1,3-5H3. The minimum Gasteiger partial charge on any atom is -0.452 e. The van der Waals surface area contributed by atoms with Crippen molar-refractivity contribution >= 4 is 27.6 Å². The maximum absolute atomic E-state index is 13.0. The molecule has 0 aromatic heterocycles. The van der Waals surface area contributed by atoms with E-state index in [1.165, 1.54) is 36.2 Å². The molecule has 0 radical (unpaired) electrons. The molecule has 0 fully saturated rings. The van der Waals surface area contributed by atoms with Crippen LogP contribution in [0.25, 0.3) is 0 Å². The van der Waals surface area contributed by atoms with Gasteiger partial charge in [-0.15, -0.1) is 0 Å². The predicted molar refractivity (Wildman–Crippen MR) is 121 cm³/mol. The molecule has 1 amide bonds. The minimum atomic E-state index is -3.88. The van der Waals surface area contributed by atoms with Crippen LogP contribution in [0, 0.1) is 6.92 Å². The van der Waals surface area contributed by atoms with Crippen LogP contribution in [0.4, 0.5) is 5.69 Å². The molecule has 0 aliphatic rings. The molecule has 0 bridgehead atoms. The predicted octanol–water partition coefficient (Wildman–Crippen LogP) is 3.40. The van der Waals surface area contributed by atoms with E-state index in [1.807, 2.05) is 32.9 Å². The van der Waals surface area contributed by atoms with Crippen molar-refractivity contribution in [1.82, 2.24) is 4.90 Å². The number of likely N-dealkylation sites (N-methyl/N-ethyl adjacent to an activating group) is 1. The van der Waals surface area contributed by atoms with Crippen LogP contribution in [0.1, 0.15) is 29.8 Å². The monoisotopic (exact) mass is 444 g/mol. The van der Waals surface area contributed by atoms with Gasteiger partial charge in [-0.2, -0.15) is 0 Å². The summed E-state index contributed by atoms with van der Waals surface area (Å²) < 4.78 is 32.3. The van der Waals surface area contributed by atoms with E-state index < -0.39 is 22.6 Å². The Kier molecular flexibility index (Phi) is 7.99. The van der Waals surface area contributed by atoms with E-state index in [2.05, 4.69) is 6.58 Å². The third-order valence-electron chi connectivity index (χ3n) is 4.65. The number of carbonyl (C=O) groups is 2. The summed E-state index contributed by atoms with van der Waals surface area (Å²) in [4.78, 5) is 26.1. The van der Waals surface area contributed by atoms with E-state index in [-0.39, 0.29) is 16.4 Å². The number of hydrogen-bond acceptors (Lipinski definition) is 5. The molecule has 0 heterocycles. The fourth-order valence-corrected chi connectivity index (χ4v) is 4.08. The molecule has 2 aromatic rings. The Morgan fingerprint density at radius 1 is 1.10 bits per heavy atom. The maximum Gasteiger partial charge on any atom is 0.338 e. The van der Waals surface area contributed by atoms with Crippen molar-refractivity contribution in [1.29, 1.82) is 0 Å². The quantitative estimate of drug-likeness (QED) is 0.437. The molecule has 0 saturated carbocycles. The number of rotatable bonds is 9. The average Bonchev–Trinajstić information content (AvgIpc) is 2.75. The third kappa shape index (κ3) is 6.18. The normalized spacial score (nSPS) is 11.0. The van der Waals surface area contributed by atoms with Crippen LogP contribution in [0.3, 0.4) is 0 Å². The Morgan fingerprint density at radius 2 is 1.74 bits per heavy atom. The van der Waals surface area contributed by atoms with Gasteiger partial charge in [0, 0.05) is 20.1 Å². The van der Waals surface area contributed by atoms with Crippen molar-refractivity contribution in [3.63, 3.8) is 0 Å². The number of sulfonamides is 1. The molecule has 0 N–H and O–H groups in total. The second-order valence-corrected chi connectivity index (χ2v) is 9.25. The number of carbonyl (C=O) groups excluding carboxylic acids is 2. The number of anilines is 1. The highest BCUT2D eigenvalue weighted by molar-refractivity contribution is 7.92. The second-order valence-electron chi connectivity index (χ2n) is 7.28. The lowest BCUT2D eigenvalue weighted by molar-refractivity contribution is -0.133. The number of esters is 1. The lowest BCUT2D eigenvalue weighted by Gasteiger charge is -2.21. The van der Waals surface area contributed by atoms with Crippen LogP contribution in [0.5, 0.6) is 0 Å². The summed E-state index contributed by atoms with van der Waals surface area (Å²) in [5, 5.41) is 0. The van der Waals surface area contributed by atoms with Gasteiger partial charge in [0.2, 0.25) is 0 Å². The van der Waals surface area contributed by atoms with Gasteiger partial charge in [-0.1, -0.05) is 35.9 Å². The number of hydrogen-bond donors (Lipinski definition) is 0. The van der Waals surface area contributed by atoms with Crippen LogP contribution in [0.2, 0.25) is 0 Å². The van der Waals surface area contributed by atoms with Crippen molar-refractivity contribution in [2.75, 3.05) is 31.0 Å². The molecule has 8 heteroatoms. The number of amides is 1. The van der Waals surface area contributed by atoms with E-state index in [4.69, 9.17) is 4.74 Å². The zero-order valence-corrected chi connectivity index (χ0v) is 19.1. The molecule has 0 atom stereocenters. The fourth-order valence-electron chi connectivity index (χ4n) is 2.84. The van der Waals surface area contributed by atoms with Gasteiger partial charge in [0.05, 0.1) is 16.1 Å². The average molecular weight is 445 g/mol. The minimum absolute atomic E-state index is 0.0474. The van der Waals surface area contributed by atoms with Gasteiger partial charge in [-0.25, -0.2) is 13.2 Å². The molecule has 0 saturated heterocycles. The summed E-state index contributed by atoms with van der Waals surface area (Å²) in [5.41, 5.74) is 2.38. The summed E-state index contributed by atoms with van der Waals surface area (Å²) in [6, 6.07) is 12.6. The van der Waals surface area contributed by atoms with Crippen molar-refractivity contribution in [3.05, 3.63) is 71.8 Å². The first-order chi connectivity index (χ1) is 14.6. The van der Waals surface area contributed by atoms with Crippen molar-refractivity contribution in [2.45, 2.75) is 25.7 Å².